The van der Waals surface area contributed by atoms with Crippen LogP contribution < -0.4 is 25.4 Å². The number of esters is 1. The molecule has 2 heterocycles. The van der Waals surface area contributed by atoms with E-state index in [1.807, 2.05) is 20.8 Å². The molecule has 0 saturated carbocycles. The van der Waals surface area contributed by atoms with Crippen LogP contribution in [0.3, 0.4) is 0 Å². The van der Waals surface area contributed by atoms with E-state index in [9.17, 15) is 14.4 Å². The van der Waals surface area contributed by atoms with Gasteiger partial charge in [0.1, 0.15) is 24.4 Å². The number of fused-ring (bicyclic) bond motifs is 2. The van der Waals surface area contributed by atoms with Gasteiger partial charge < -0.3 is 30.2 Å². The second-order valence-corrected chi connectivity index (χ2v) is 13.5. The molecule has 3 N–H and O–H groups in total. The molecule has 2 amide bonds. The standard InChI is InChI=1S/C34H36Cl2FN3O6/c1-18(41)45-13-14-46-25-12-10-20(16-26(25)44-5)38-31(42)30-28(21-7-6-8-23(36)29(21)37)34(27(40-30)17-33(2,3)4)22-11-9-19(35)15-24(22)39-32(34)43/h6-12,15-16,27-28,30,40H,13-14,17H2,1-5H3,(H,38,42)(H,39,43). The number of halogens is 3. The highest BCUT2D eigenvalue weighted by atomic mass is 35.5. The number of ether oxygens (including phenoxy) is 3. The number of hydrogen-bond acceptors (Lipinski definition) is 7. The summed E-state index contributed by atoms with van der Waals surface area (Å²) in [5, 5.41) is 9.66. The first kappa shape index (κ1) is 33.5. The lowest BCUT2D eigenvalue weighted by Gasteiger charge is -2.37. The summed E-state index contributed by atoms with van der Waals surface area (Å²) in [7, 11) is 1.46. The van der Waals surface area contributed by atoms with Gasteiger partial charge in [-0.25, -0.2) is 4.39 Å². The molecule has 4 atom stereocenters. The number of amides is 2. The third kappa shape index (κ3) is 6.38. The van der Waals surface area contributed by atoms with Crippen LogP contribution in [0.15, 0.2) is 54.6 Å². The SMILES string of the molecule is COc1cc(NC(=O)C2NC(CC(C)(C)C)C3(C(=O)Nc4cc(Cl)ccc43)C2c2cccc(Cl)c2F)ccc1OCCOC(C)=O. The molecule has 5 rings (SSSR count). The summed E-state index contributed by atoms with van der Waals surface area (Å²) in [6.45, 7) is 7.61. The molecule has 0 aromatic heterocycles. The van der Waals surface area contributed by atoms with E-state index in [2.05, 4.69) is 16.0 Å². The Balaban J connectivity index is 1.57. The largest absolute Gasteiger partial charge is 0.493 e. The van der Waals surface area contributed by atoms with Gasteiger partial charge in [0.2, 0.25) is 11.8 Å². The van der Waals surface area contributed by atoms with E-state index < -0.39 is 41.1 Å². The van der Waals surface area contributed by atoms with Gasteiger partial charge in [0.25, 0.3) is 0 Å². The molecule has 1 spiro atoms. The van der Waals surface area contributed by atoms with Gasteiger partial charge in [0, 0.05) is 41.3 Å². The summed E-state index contributed by atoms with van der Waals surface area (Å²) >= 11 is 12.6. The van der Waals surface area contributed by atoms with E-state index >= 15 is 4.39 Å². The van der Waals surface area contributed by atoms with Gasteiger partial charge in [-0.1, -0.05) is 62.2 Å². The fourth-order valence-corrected chi connectivity index (χ4v) is 6.93. The van der Waals surface area contributed by atoms with E-state index in [0.29, 0.717) is 39.9 Å². The number of carbonyl (C=O) groups is 3. The summed E-state index contributed by atoms with van der Waals surface area (Å²) in [6, 6.07) is 13.0. The smallest absolute Gasteiger partial charge is 0.302 e. The van der Waals surface area contributed by atoms with Crippen molar-refractivity contribution in [3.05, 3.63) is 81.6 Å². The zero-order valence-electron chi connectivity index (χ0n) is 26.1. The first-order chi connectivity index (χ1) is 21.8. The Kier molecular flexibility index (Phi) is 9.54. The number of benzene rings is 3. The van der Waals surface area contributed by atoms with Crippen molar-refractivity contribution in [3.63, 3.8) is 0 Å². The number of rotatable bonds is 9. The first-order valence-corrected chi connectivity index (χ1v) is 15.6. The Morgan fingerprint density at radius 3 is 2.50 bits per heavy atom. The quantitative estimate of drug-likeness (QED) is 0.176. The third-order valence-electron chi connectivity index (χ3n) is 8.30. The molecule has 0 aliphatic carbocycles. The molecule has 1 fully saturated rings. The molecule has 2 aliphatic rings. The summed E-state index contributed by atoms with van der Waals surface area (Å²) < 4.78 is 32.1. The van der Waals surface area contributed by atoms with Gasteiger partial charge in [-0.2, -0.15) is 0 Å². The fourth-order valence-electron chi connectivity index (χ4n) is 6.57. The van der Waals surface area contributed by atoms with Crippen LogP contribution in [0.2, 0.25) is 10.0 Å². The highest BCUT2D eigenvalue weighted by Gasteiger charge is 2.66. The van der Waals surface area contributed by atoms with E-state index in [4.69, 9.17) is 37.4 Å². The maximum absolute atomic E-state index is 16.0. The van der Waals surface area contributed by atoms with Gasteiger partial charge in [0.15, 0.2) is 11.5 Å². The lowest BCUT2D eigenvalue weighted by atomic mass is 9.62. The van der Waals surface area contributed by atoms with Crippen LogP contribution >= 0.6 is 23.2 Å². The minimum Gasteiger partial charge on any atom is -0.493 e. The highest BCUT2D eigenvalue weighted by molar-refractivity contribution is 6.31. The van der Waals surface area contributed by atoms with E-state index in [1.165, 1.54) is 20.1 Å². The number of hydrogen-bond donors (Lipinski definition) is 3. The molecular weight excluding hydrogens is 636 g/mol. The second-order valence-electron chi connectivity index (χ2n) is 12.6. The molecule has 0 radical (unpaired) electrons. The number of anilines is 2. The van der Waals surface area contributed by atoms with Crippen molar-refractivity contribution in [2.75, 3.05) is 31.0 Å². The Hall–Kier alpha value is -3.86. The Morgan fingerprint density at radius 2 is 1.80 bits per heavy atom. The summed E-state index contributed by atoms with van der Waals surface area (Å²) in [5.41, 5.74) is 0.0156. The van der Waals surface area contributed by atoms with Gasteiger partial charge in [0.05, 0.1) is 18.2 Å². The molecule has 12 heteroatoms. The lowest BCUT2D eigenvalue weighted by molar-refractivity contribution is -0.141. The van der Waals surface area contributed by atoms with Gasteiger partial charge in [-0.05, 0) is 53.3 Å². The lowest BCUT2D eigenvalue weighted by Crippen LogP contribution is -2.49. The molecule has 244 valence electrons. The van der Waals surface area contributed by atoms with Gasteiger partial charge >= 0.3 is 5.97 Å². The Bertz CT molecular complexity index is 1680. The average Bonchev–Trinajstić information content (AvgIpc) is 3.46. The van der Waals surface area contributed by atoms with Crippen LogP contribution in [0.4, 0.5) is 15.8 Å². The molecule has 1 saturated heterocycles. The monoisotopic (exact) mass is 671 g/mol. The van der Waals surface area contributed by atoms with Crippen LogP contribution in [-0.2, 0) is 24.5 Å². The van der Waals surface area contributed by atoms with E-state index in [0.717, 1.165) is 0 Å². The van der Waals surface area contributed by atoms with Gasteiger partial charge in [-0.3, -0.25) is 14.4 Å². The van der Waals surface area contributed by atoms with Crippen LogP contribution in [0.25, 0.3) is 0 Å². The topological polar surface area (TPSA) is 115 Å². The molecular formula is C34H36Cl2FN3O6. The summed E-state index contributed by atoms with van der Waals surface area (Å²) in [4.78, 5) is 39.6. The average molecular weight is 673 g/mol. The van der Waals surface area contributed by atoms with Crippen LogP contribution in [-0.4, -0.2) is 50.2 Å². The number of methoxy groups -OCH3 is 1. The number of nitrogens with one attached hydrogen (secondary N) is 3. The normalized spacial score (nSPS) is 21.9. The zero-order chi connectivity index (χ0) is 33.4. The Labute approximate surface area is 277 Å². The molecule has 9 nitrogen and oxygen atoms in total. The second kappa shape index (κ2) is 13.1. The maximum atomic E-state index is 16.0. The summed E-state index contributed by atoms with van der Waals surface area (Å²) in [6.07, 6.45) is 0.484. The van der Waals surface area contributed by atoms with Crippen LogP contribution in [0.1, 0.15) is 51.2 Å². The van der Waals surface area contributed by atoms with Crippen molar-refractivity contribution < 1.29 is 33.0 Å². The van der Waals surface area contributed by atoms with Crippen molar-refractivity contribution in [3.8, 4) is 11.5 Å². The fraction of sp³-hybridized carbons (Fsp3) is 0.382. The van der Waals surface area contributed by atoms with Gasteiger partial charge in [-0.15, -0.1) is 0 Å². The van der Waals surface area contributed by atoms with E-state index in [-0.39, 0.29) is 35.1 Å². The van der Waals surface area contributed by atoms with Crippen LogP contribution in [0.5, 0.6) is 11.5 Å². The van der Waals surface area contributed by atoms with Crippen molar-refractivity contribution in [1.82, 2.24) is 5.32 Å². The predicted octanol–water partition coefficient (Wildman–Crippen LogP) is 6.47. The molecule has 2 aliphatic heterocycles. The predicted molar refractivity (Wildman–Crippen MR) is 174 cm³/mol. The van der Waals surface area contributed by atoms with Crippen LogP contribution in [0, 0.1) is 11.2 Å². The zero-order valence-corrected chi connectivity index (χ0v) is 27.6. The van der Waals surface area contributed by atoms with Crippen molar-refractivity contribution in [1.29, 1.82) is 0 Å². The molecule has 46 heavy (non-hydrogen) atoms. The molecule has 3 aromatic rings. The molecule has 4 unspecified atom stereocenters. The molecule has 0 bridgehead atoms. The minimum absolute atomic E-state index is 0.0617. The van der Waals surface area contributed by atoms with Crippen molar-refractivity contribution >= 4 is 52.4 Å². The Morgan fingerprint density at radius 1 is 1.04 bits per heavy atom. The number of carbonyl (C=O) groups excluding carboxylic acids is 3. The van der Waals surface area contributed by atoms with E-state index in [1.54, 1.807) is 48.5 Å². The third-order valence-corrected chi connectivity index (χ3v) is 8.83. The van der Waals surface area contributed by atoms with Crippen molar-refractivity contribution in [2.45, 2.75) is 57.5 Å². The molecule has 3 aromatic carbocycles. The summed E-state index contributed by atoms with van der Waals surface area (Å²) in [5.74, 6) is -2.24. The highest BCUT2D eigenvalue weighted by Crippen LogP contribution is 2.57. The maximum Gasteiger partial charge on any atom is 0.302 e. The first-order valence-electron chi connectivity index (χ1n) is 14.8. The van der Waals surface area contributed by atoms with Crippen molar-refractivity contribution in [2.24, 2.45) is 5.41 Å². The minimum atomic E-state index is -1.38.